The Morgan fingerprint density at radius 2 is 0.468 bits per heavy atom. The SMILES string of the molecule is CCCC/C=C\CCCCCCCC(=O)OCC(COC(=O)CCCCCCCCCCCCCCCCCCCCCCC/C=C\C/C=C\CCCCCCC)OC(=O)CCCCCCCCC/C=C\CCCCCCCC. The van der Waals surface area contributed by atoms with Gasteiger partial charge in [0.2, 0.25) is 0 Å². The summed E-state index contributed by atoms with van der Waals surface area (Å²) in [4.78, 5) is 38.3. The van der Waals surface area contributed by atoms with Gasteiger partial charge in [0.25, 0.3) is 0 Å². The maximum Gasteiger partial charge on any atom is 0.306 e. The number of carbonyl (C=O) groups excluding carboxylic acids is 3. The van der Waals surface area contributed by atoms with Crippen molar-refractivity contribution in [3.63, 3.8) is 0 Å². The quantitative estimate of drug-likeness (QED) is 0.0261. The average molecular weight is 1110 g/mol. The molecule has 0 aromatic carbocycles. The van der Waals surface area contributed by atoms with Gasteiger partial charge in [-0.1, -0.05) is 313 Å². The van der Waals surface area contributed by atoms with E-state index in [1.807, 2.05) is 0 Å². The Morgan fingerprint density at radius 1 is 0.253 bits per heavy atom. The summed E-state index contributed by atoms with van der Waals surface area (Å²) in [5.74, 6) is -0.866. The predicted octanol–water partition coefficient (Wildman–Crippen LogP) is 24.1. The van der Waals surface area contributed by atoms with Crippen molar-refractivity contribution < 1.29 is 28.6 Å². The minimum atomic E-state index is -0.777. The van der Waals surface area contributed by atoms with Crippen LogP contribution in [0.3, 0.4) is 0 Å². The first-order valence-electron chi connectivity index (χ1n) is 35.1. The molecular formula is C73H134O6. The lowest BCUT2D eigenvalue weighted by atomic mass is 10.0. The van der Waals surface area contributed by atoms with Crippen molar-refractivity contribution in [3.8, 4) is 0 Å². The van der Waals surface area contributed by atoms with Crippen molar-refractivity contribution >= 4 is 17.9 Å². The third-order valence-electron chi connectivity index (χ3n) is 15.8. The highest BCUT2D eigenvalue weighted by atomic mass is 16.6. The molecule has 0 heterocycles. The molecule has 0 aliphatic heterocycles. The second kappa shape index (κ2) is 67.9. The minimum absolute atomic E-state index is 0.0732. The number of ether oxygens (including phenoxy) is 3. The molecule has 0 aromatic heterocycles. The number of unbranched alkanes of at least 4 members (excludes halogenated alkanes) is 46. The van der Waals surface area contributed by atoms with Gasteiger partial charge in [0.15, 0.2) is 6.10 Å². The summed E-state index contributed by atoms with van der Waals surface area (Å²) < 4.78 is 16.9. The minimum Gasteiger partial charge on any atom is -0.462 e. The van der Waals surface area contributed by atoms with Crippen LogP contribution in [0.15, 0.2) is 48.6 Å². The molecule has 1 atom stereocenters. The molecule has 0 saturated heterocycles. The van der Waals surface area contributed by atoms with E-state index in [2.05, 4.69) is 69.4 Å². The molecule has 0 bridgehead atoms. The fourth-order valence-corrected chi connectivity index (χ4v) is 10.5. The van der Waals surface area contributed by atoms with Gasteiger partial charge in [0.1, 0.15) is 13.2 Å². The van der Waals surface area contributed by atoms with E-state index in [0.29, 0.717) is 19.3 Å². The van der Waals surface area contributed by atoms with Crippen LogP contribution in [0.25, 0.3) is 0 Å². The maximum atomic E-state index is 12.9. The highest BCUT2D eigenvalue weighted by molar-refractivity contribution is 5.71. The molecular weight excluding hydrogens is 973 g/mol. The lowest BCUT2D eigenvalue weighted by Gasteiger charge is -2.18. The molecule has 0 amide bonds. The zero-order valence-corrected chi connectivity index (χ0v) is 53.2. The number of hydrogen-bond acceptors (Lipinski definition) is 6. The summed E-state index contributed by atoms with van der Waals surface area (Å²) in [5.41, 5.74) is 0. The smallest absolute Gasteiger partial charge is 0.306 e. The van der Waals surface area contributed by atoms with Gasteiger partial charge in [-0.15, -0.1) is 0 Å². The first-order chi connectivity index (χ1) is 39.0. The van der Waals surface area contributed by atoms with Gasteiger partial charge in [-0.2, -0.15) is 0 Å². The first kappa shape index (κ1) is 76.4. The fraction of sp³-hybridized carbons (Fsp3) is 0.849. The molecule has 0 N–H and O–H groups in total. The molecule has 0 radical (unpaired) electrons. The molecule has 6 nitrogen and oxygen atoms in total. The Kier molecular flexibility index (Phi) is 65.6. The number of rotatable bonds is 65. The van der Waals surface area contributed by atoms with E-state index in [-0.39, 0.29) is 31.1 Å². The zero-order chi connectivity index (χ0) is 57.1. The molecule has 0 aliphatic rings. The first-order valence-corrected chi connectivity index (χ1v) is 35.1. The number of esters is 3. The second-order valence-corrected chi connectivity index (χ2v) is 23.8. The molecule has 0 fully saturated rings. The third kappa shape index (κ3) is 66.1. The van der Waals surface area contributed by atoms with Gasteiger partial charge in [0, 0.05) is 19.3 Å². The van der Waals surface area contributed by atoms with Crippen LogP contribution in [0.4, 0.5) is 0 Å². The van der Waals surface area contributed by atoms with Crippen molar-refractivity contribution in [1.82, 2.24) is 0 Å². The molecule has 1 unspecified atom stereocenters. The summed E-state index contributed by atoms with van der Waals surface area (Å²) in [6.45, 7) is 6.63. The molecule has 79 heavy (non-hydrogen) atoms. The van der Waals surface area contributed by atoms with Crippen molar-refractivity contribution in [2.24, 2.45) is 0 Å². The van der Waals surface area contributed by atoms with Gasteiger partial charge in [-0.3, -0.25) is 14.4 Å². The van der Waals surface area contributed by atoms with Gasteiger partial charge in [-0.05, 0) is 96.3 Å². The highest BCUT2D eigenvalue weighted by Gasteiger charge is 2.19. The number of hydrogen-bond donors (Lipinski definition) is 0. The molecule has 6 heteroatoms. The van der Waals surface area contributed by atoms with E-state index in [4.69, 9.17) is 14.2 Å². The van der Waals surface area contributed by atoms with Gasteiger partial charge < -0.3 is 14.2 Å². The van der Waals surface area contributed by atoms with Crippen LogP contribution >= 0.6 is 0 Å². The Labute approximate surface area is 492 Å². The molecule has 0 aliphatic carbocycles. The van der Waals surface area contributed by atoms with Crippen molar-refractivity contribution in [2.45, 2.75) is 386 Å². The number of carbonyl (C=O) groups is 3. The van der Waals surface area contributed by atoms with Crippen LogP contribution in [0.5, 0.6) is 0 Å². The summed E-state index contributed by atoms with van der Waals surface area (Å²) in [6.07, 6.45) is 85.9. The average Bonchev–Trinajstić information content (AvgIpc) is 3.45. The van der Waals surface area contributed by atoms with E-state index in [1.165, 1.54) is 270 Å². The summed E-state index contributed by atoms with van der Waals surface area (Å²) in [7, 11) is 0. The van der Waals surface area contributed by atoms with Crippen LogP contribution in [0.2, 0.25) is 0 Å². The van der Waals surface area contributed by atoms with Crippen LogP contribution < -0.4 is 0 Å². The molecule has 0 saturated carbocycles. The molecule has 0 aromatic rings. The van der Waals surface area contributed by atoms with Gasteiger partial charge in [-0.25, -0.2) is 0 Å². The summed E-state index contributed by atoms with van der Waals surface area (Å²) in [5, 5.41) is 0. The van der Waals surface area contributed by atoms with E-state index in [1.54, 1.807) is 0 Å². The largest absolute Gasteiger partial charge is 0.462 e. The van der Waals surface area contributed by atoms with Gasteiger partial charge in [0.05, 0.1) is 0 Å². The zero-order valence-electron chi connectivity index (χ0n) is 53.2. The monoisotopic (exact) mass is 1110 g/mol. The standard InChI is InChI=1S/C73H134O6/c1-4-7-10-13-16-19-22-24-26-28-29-30-31-32-33-34-35-36-37-38-39-40-41-42-43-45-46-48-51-54-57-60-63-66-72(75)78-69-70(68-77-71(74)65-62-59-56-53-50-21-18-15-12-9-6-3)79-73(76)67-64-61-58-55-52-49-47-44-27-25-23-20-17-14-11-8-5-2/h15,18,22,24-25,27-29,70H,4-14,16-17,19-21,23,26,30-69H2,1-3H3/b18-15-,24-22-,27-25-,29-28-. The van der Waals surface area contributed by atoms with E-state index >= 15 is 0 Å². The third-order valence-corrected chi connectivity index (χ3v) is 15.8. The topological polar surface area (TPSA) is 78.9 Å². The lowest BCUT2D eigenvalue weighted by molar-refractivity contribution is -0.167. The fourth-order valence-electron chi connectivity index (χ4n) is 10.5. The predicted molar refractivity (Wildman–Crippen MR) is 344 cm³/mol. The number of allylic oxidation sites excluding steroid dienone is 8. The van der Waals surface area contributed by atoms with E-state index < -0.39 is 6.10 Å². The Morgan fingerprint density at radius 3 is 0.747 bits per heavy atom. The van der Waals surface area contributed by atoms with E-state index in [9.17, 15) is 14.4 Å². The van der Waals surface area contributed by atoms with Crippen molar-refractivity contribution in [1.29, 1.82) is 0 Å². The van der Waals surface area contributed by atoms with E-state index in [0.717, 1.165) is 70.6 Å². The highest BCUT2D eigenvalue weighted by Crippen LogP contribution is 2.18. The van der Waals surface area contributed by atoms with Crippen LogP contribution in [0.1, 0.15) is 380 Å². The Hall–Kier alpha value is -2.63. The maximum absolute atomic E-state index is 12.9. The van der Waals surface area contributed by atoms with Gasteiger partial charge >= 0.3 is 17.9 Å². The molecule has 0 rings (SSSR count). The van der Waals surface area contributed by atoms with Crippen LogP contribution in [0, 0.1) is 0 Å². The Balaban J connectivity index is 4.08. The van der Waals surface area contributed by atoms with Crippen LogP contribution in [-0.4, -0.2) is 37.2 Å². The Bertz CT molecular complexity index is 1360. The van der Waals surface area contributed by atoms with Crippen molar-refractivity contribution in [2.75, 3.05) is 13.2 Å². The lowest BCUT2D eigenvalue weighted by Crippen LogP contribution is -2.30. The summed E-state index contributed by atoms with van der Waals surface area (Å²) >= 11 is 0. The van der Waals surface area contributed by atoms with Crippen LogP contribution in [-0.2, 0) is 28.6 Å². The normalized spacial score (nSPS) is 12.3. The van der Waals surface area contributed by atoms with Crippen molar-refractivity contribution in [3.05, 3.63) is 48.6 Å². The summed E-state index contributed by atoms with van der Waals surface area (Å²) in [6, 6.07) is 0. The molecule has 462 valence electrons. The molecule has 0 spiro atoms. The second-order valence-electron chi connectivity index (χ2n) is 23.8.